The van der Waals surface area contributed by atoms with Gasteiger partial charge in [0.1, 0.15) is 16.4 Å². The van der Waals surface area contributed by atoms with Gasteiger partial charge in [-0.3, -0.25) is 4.79 Å². The Morgan fingerprint density at radius 2 is 2.00 bits per heavy atom. The normalized spacial score (nSPS) is 11.7. The predicted molar refractivity (Wildman–Crippen MR) is 87.7 cm³/mol. The van der Waals surface area contributed by atoms with Gasteiger partial charge in [-0.05, 0) is 18.2 Å². The summed E-state index contributed by atoms with van der Waals surface area (Å²) in [5, 5.41) is 2.64. The lowest BCUT2D eigenvalue weighted by Gasteiger charge is -2.17. The molecule has 0 aromatic carbocycles. The first-order valence-electron chi connectivity index (χ1n) is 7.29. The van der Waals surface area contributed by atoms with Crippen molar-refractivity contribution in [1.82, 2.24) is 13.9 Å². The molecule has 0 bridgehead atoms. The lowest BCUT2D eigenvalue weighted by atomic mass is 10.4. The van der Waals surface area contributed by atoms with Crippen LogP contribution in [0.25, 0.3) is 0 Å². The number of carbonyl (C=O) groups is 1. The van der Waals surface area contributed by atoms with Crippen LogP contribution in [-0.4, -0.2) is 41.3 Å². The van der Waals surface area contributed by atoms with E-state index < -0.39 is 15.9 Å². The molecule has 0 aliphatic carbocycles. The monoisotopic (exact) mass is 336 g/mol. The molecule has 8 heteroatoms. The molecule has 0 atom stereocenters. The summed E-state index contributed by atoms with van der Waals surface area (Å²) in [6.45, 7) is 4.31. The Bertz CT molecular complexity index is 780. The lowest BCUT2D eigenvalue weighted by Crippen LogP contribution is -2.30. The lowest BCUT2D eigenvalue weighted by molar-refractivity contribution is 0.101. The van der Waals surface area contributed by atoms with Gasteiger partial charge in [-0.1, -0.05) is 19.9 Å². The number of amides is 1. The topological polar surface area (TPSA) is 84.3 Å². The molecule has 0 saturated heterocycles. The Morgan fingerprint density at radius 1 is 1.30 bits per heavy atom. The fraction of sp³-hybridized carbons (Fsp3) is 0.333. The quantitative estimate of drug-likeness (QED) is 0.870. The number of sulfonamides is 1. The number of aryl methyl sites for hydroxylation is 1. The minimum absolute atomic E-state index is 0.106. The third-order valence-electron chi connectivity index (χ3n) is 3.46. The summed E-state index contributed by atoms with van der Waals surface area (Å²) in [6, 6.07) is 6.54. The number of pyridine rings is 1. The molecule has 0 spiro atoms. The maximum atomic E-state index is 12.5. The molecule has 0 aliphatic heterocycles. The first-order valence-corrected chi connectivity index (χ1v) is 8.73. The van der Waals surface area contributed by atoms with E-state index in [0.29, 0.717) is 18.9 Å². The summed E-state index contributed by atoms with van der Waals surface area (Å²) >= 11 is 0. The van der Waals surface area contributed by atoms with Crippen molar-refractivity contribution in [1.29, 1.82) is 0 Å². The van der Waals surface area contributed by atoms with Crippen molar-refractivity contribution >= 4 is 21.7 Å². The number of nitrogens with zero attached hydrogens (tertiary/aromatic N) is 3. The fourth-order valence-corrected chi connectivity index (χ4v) is 3.76. The van der Waals surface area contributed by atoms with Crippen LogP contribution < -0.4 is 5.32 Å². The van der Waals surface area contributed by atoms with Crippen LogP contribution in [0.2, 0.25) is 0 Å². The molecular formula is C15H20N4O3S. The van der Waals surface area contributed by atoms with E-state index in [1.165, 1.54) is 21.1 Å². The molecule has 7 nitrogen and oxygen atoms in total. The predicted octanol–water partition coefficient (Wildman–Crippen LogP) is 1.70. The van der Waals surface area contributed by atoms with Crippen molar-refractivity contribution in [2.45, 2.75) is 18.7 Å². The van der Waals surface area contributed by atoms with Crippen molar-refractivity contribution in [2.75, 3.05) is 18.4 Å². The average Bonchev–Trinajstić information content (AvgIpc) is 2.92. The third-order valence-corrected chi connectivity index (χ3v) is 5.48. The van der Waals surface area contributed by atoms with Crippen LogP contribution in [0.4, 0.5) is 5.82 Å². The molecule has 2 aromatic rings. The highest BCUT2D eigenvalue weighted by atomic mass is 32.2. The molecule has 2 rings (SSSR count). The molecule has 23 heavy (non-hydrogen) atoms. The number of rotatable bonds is 6. The molecule has 1 N–H and O–H groups in total. The maximum absolute atomic E-state index is 12.5. The SMILES string of the molecule is CCN(CC)S(=O)(=O)c1cc(C(=O)Nc2ccccn2)n(C)c1. The van der Waals surface area contributed by atoms with Gasteiger partial charge in [0.15, 0.2) is 0 Å². The molecule has 0 fully saturated rings. The molecular weight excluding hydrogens is 316 g/mol. The Hall–Kier alpha value is -2.19. The highest BCUT2D eigenvalue weighted by Gasteiger charge is 2.25. The Balaban J connectivity index is 2.29. The number of anilines is 1. The summed E-state index contributed by atoms with van der Waals surface area (Å²) in [5.41, 5.74) is 0.251. The van der Waals surface area contributed by atoms with Crippen LogP contribution in [-0.2, 0) is 17.1 Å². The van der Waals surface area contributed by atoms with Crippen molar-refractivity contribution in [3.63, 3.8) is 0 Å². The van der Waals surface area contributed by atoms with Crippen molar-refractivity contribution < 1.29 is 13.2 Å². The van der Waals surface area contributed by atoms with Crippen LogP contribution in [0.1, 0.15) is 24.3 Å². The molecule has 0 unspecified atom stereocenters. The number of carbonyl (C=O) groups excluding carboxylic acids is 1. The second-order valence-corrected chi connectivity index (χ2v) is 6.87. The summed E-state index contributed by atoms with van der Waals surface area (Å²) in [4.78, 5) is 16.4. The molecule has 2 aromatic heterocycles. The fourth-order valence-electron chi connectivity index (χ4n) is 2.23. The molecule has 0 aliphatic rings. The van der Waals surface area contributed by atoms with Gasteiger partial charge in [0.25, 0.3) is 5.91 Å². The summed E-state index contributed by atoms with van der Waals surface area (Å²) in [6.07, 6.45) is 3.01. The zero-order valence-electron chi connectivity index (χ0n) is 13.4. The highest BCUT2D eigenvalue weighted by molar-refractivity contribution is 7.89. The number of hydrogen-bond donors (Lipinski definition) is 1. The van der Waals surface area contributed by atoms with Gasteiger partial charge in [0.05, 0.1) is 0 Å². The highest BCUT2D eigenvalue weighted by Crippen LogP contribution is 2.19. The van der Waals surface area contributed by atoms with E-state index in [0.717, 1.165) is 0 Å². The Kier molecular flexibility index (Phi) is 5.17. The first-order chi connectivity index (χ1) is 10.9. The minimum Gasteiger partial charge on any atom is -0.345 e. The maximum Gasteiger partial charge on any atom is 0.273 e. The average molecular weight is 336 g/mol. The second-order valence-electron chi connectivity index (χ2n) is 4.93. The van der Waals surface area contributed by atoms with E-state index in [2.05, 4.69) is 10.3 Å². The van der Waals surface area contributed by atoms with Crippen molar-refractivity contribution in [2.24, 2.45) is 7.05 Å². The van der Waals surface area contributed by atoms with Crippen LogP contribution in [0, 0.1) is 0 Å². The summed E-state index contributed by atoms with van der Waals surface area (Å²) in [7, 11) is -1.96. The van der Waals surface area contributed by atoms with E-state index >= 15 is 0 Å². The molecule has 0 radical (unpaired) electrons. The third kappa shape index (κ3) is 3.59. The van der Waals surface area contributed by atoms with Gasteiger partial charge >= 0.3 is 0 Å². The molecule has 2 heterocycles. The number of nitrogens with one attached hydrogen (secondary N) is 1. The van der Waals surface area contributed by atoms with E-state index in [-0.39, 0.29) is 10.6 Å². The van der Waals surface area contributed by atoms with Crippen LogP contribution in [0.3, 0.4) is 0 Å². The first kappa shape index (κ1) is 17.2. The van der Waals surface area contributed by atoms with Crippen LogP contribution in [0.5, 0.6) is 0 Å². The van der Waals surface area contributed by atoms with Crippen LogP contribution in [0.15, 0.2) is 41.6 Å². The van der Waals surface area contributed by atoms with Gasteiger partial charge in [-0.2, -0.15) is 4.31 Å². The van der Waals surface area contributed by atoms with Crippen molar-refractivity contribution in [3.05, 3.63) is 42.4 Å². The summed E-state index contributed by atoms with van der Waals surface area (Å²) in [5.74, 6) is -0.000882. The van der Waals surface area contributed by atoms with E-state index in [1.54, 1.807) is 45.3 Å². The zero-order chi connectivity index (χ0) is 17.0. The van der Waals surface area contributed by atoms with Gasteiger partial charge < -0.3 is 9.88 Å². The smallest absolute Gasteiger partial charge is 0.273 e. The molecule has 1 amide bonds. The van der Waals surface area contributed by atoms with Gasteiger partial charge in [-0.15, -0.1) is 0 Å². The zero-order valence-corrected chi connectivity index (χ0v) is 14.2. The van der Waals surface area contributed by atoms with Crippen LogP contribution >= 0.6 is 0 Å². The van der Waals surface area contributed by atoms with Gasteiger partial charge in [0, 0.05) is 32.5 Å². The molecule has 0 saturated carbocycles. The second kappa shape index (κ2) is 6.93. The van der Waals surface area contributed by atoms with Gasteiger partial charge in [0.2, 0.25) is 10.0 Å². The Labute approximate surface area is 136 Å². The minimum atomic E-state index is -3.59. The van der Waals surface area contributed by atoms with E-state index in [4.69, 9.17) is 0 Å². The summed E-state index contributed by atoms with van der Waals surface area (Å²) < 4.78 is 27.9. The number of hydrogen-bond acceptors (Lipinski definition) is 4. The Morgan fingerprint density at radius 3 is 2.57 bits per heavy atom. The number of aromatic nitrogens is 2. The largest absolute Gasteiger partial charge is 0.345 e. The van der Waals surface area contributed by atoms with Gasteiger partial charge in [-0.25, -0.2) is 13.4 Å². The van der Waals surface area contributed by atoms with Crippen molar-refractivity contribution in [3.8, 4) is 0 Å². The van der Waals surface area contributed by atoms with E-state index in [9.17, 15) is 13.2 Å². The standard InChI is InChI=1S/C15H20N4O3S/c1-4-19(5-2)23(21,22)12-10-13(18(3)11-12)15(20)17-14-8-6-7-9-16-14/h6-11H,4-5H2,1-3H3,(H,16,17,20). The molecule has 124 valence electrons. The van der Waals surface area contributed by atoms with E-state index in [1.807, 2.05) is 0 Å².